The van der Waals surface area contributed by atoms with E-state index >= 15 is 0 Å². The summed E-state index contributed by atoms with van der Waals surface area (Å²) < 4.78 is 0. The second-order valence-corrected chi connectivity index (χ2v) is 4.92. The highest BCUT2D eigenvalue weighted by atomic mass is 35.5. The van der Waals surface area contributed by atoms with Crippen LogP contribution in [0.25, 0.3) is 0 Å². The van der Waals surface area contributed by atoms with Gasteiger partial charge in [-0.3, -0.25) is 9.59 Å². The summed E-state index contributed by atoms with van der Waals surface area (Å²) in [5.74, 6) is -0.514. The Hall–Kier alpha value is -1.64. The second kappa shape index (κ2) is 6.00. The van der Waals surface area contributed by atoms with Gasteiger partial charge in [-0.1, -0.05) is 53.5 Å². The number of halogens is 2. The summed E-state index contributed by atoms with van der Waals surface area (Å²) in [6.45, 7) is 0. The summed E-state index contributed by atoms with van der Waals surface area (Å²) in [4.78, 5) is 23.9. The van der Waals surface area contributed by atoms with E-state index in [0.717, 1.165) is 0 Å². The first kappa shape index (κ1) is 13.8. The molecule has 96 valence electrons. The molecule has 4 heteroatoms. The first-order valence-electron chi connectivity index (χ1n) is 5.64. The van der Waals surface area contributed by atoms with Crippen LogP contribution in [0.3, 0.4) is 0 Å². The molecule has 0 aliphatic carbocycles. The Morgan fingerprint density at radius 2 is 1.32 bits per heavy atom. The van der Waals surface area contributed by atoms with E-state index in [1.54, 1.807) is 30.3 Å². The zero-order valence-electron chi connectivity index (χ0n) is 9.90. The van der Waals surface area contributed by atoms with Crippen LogP contribution in [0.1, 0.15) is 27.1 Å². The van der Waals surface area contributed by atoms with Gasteiger partial charge in [-0.2, -0.15) is 0 Å². The highest BCUT2D eigenvalue weighted by molar-refractivity contribution is 6.35. The number of benzene rings is 2. The average Bonchev–Trinajstić information content (AvgIpc) is 2.38. The van der Waals surface area contributed by atoms with Gasteiger partial charge in [-0.25, -0.2) is 0 Å². The molecule has 2 aromatic rings. The molecule has 0 aromatic heterocycles. The lowest BCUT2D eigenvalue weighted by Crippen LogP contribution is -2.08. The van der Waals surface area contributed by atoms with Gasteiger partial charge in [0.15, 0.2) is 11.6 Å². The van der Waals surface area contributed by atoms with E-state index in [1.807, 2.05) is 6.07 Å². The molecule has 19 heavy (non-hydrogen) atoms. The summed E-state index contributed by atoms with van der Waals surface area (Å²) in [6.07, 6.45) is -0.194. The summed E-state index contributed by atoms with van der Waals surface area (Å²) >= 11 is 11.7. The van der Waals surface area contributed by atoms with Gasteiger partial charge in [0.05, 0.1) is 6.42 Å². The van der Waals surface area contributed by atoms with Crippen LogP contribution in [-0.4, -0.2) is 11.6 Å². The van der Waals surface area contributed by atoms with Gasteiger partial charge in [0, 0.05) is 21.2 Å². The Bertz CT molecular complexity index is 601. The minimum atomic E-state index is -0.293. The lowest BCUT2D eigenvalue weighted by atomic mass is 10.0. The van der Waals surface area contributed by atoms with Crippen molar-refractivity contribution < 1.29 is 9.59 Å². The molecule has 0 spiro atoms. The fourth-order valence-electron chi connectivity index (χ4n) is 1.69. The van der Waals surface area contributed by atoms with E-state index in [2.05, 4.69) is 0 Å². The third kappa shape index (κ3) is 3.66. The molecule has 0 aliphatic heterocycles. The molecule has 0 atom stereocenters. The average molecular weight is 293 g/mol. The van der Waals surface area contributed by atoms with Gasteiger partial charge in [0.25, 0.3) is 0 Å². The molecule has 0 saturated heterocycles. The number of hydrogen-bond acceptors (Lipinski definition) is 2. The fourth-order valence-corrected chi connectivity index (χ4v) is 2.21. The Labute approximate surface area is 121 Å². The number of Topliss-reactive ketones (excluding diaryl/α,β-unsaturated/α-hetero) is 2. The standard InChI is InChI=1S/C15H10Cl2O2/c16-12-6-11(7-13(17)8-12)15(19)9-14(18)10-4-2-1-3-5-10/h1-8H,9H2. The number of hydrogen-bond donors (Lipinski definition) is 0. The summed E-state index contributed by atoms with van der Waals surface area (Å²) in [6, 6.07) is 13.2. The molecule has 0 bridgehead atoms. The molecule has 0 N–H and O–H groups in total. The van der Waals surface area contributed by atoms with Crippen LogP contribution in [0.5, 0.6) is 0 Å². The molecular weight excluding hydrogens is 283 g/mol. The lowest BCUT2D eigenvalue weighted by molar-refractivity contribution is 0.0894. The van der Waals surface area contributed by atoms with Crippen molar-refractivity contribution in [2.45, 2.75) is 6.42 Å². The third-order valence-electron chi connectivity index (χ3n) is 2.60. The van der Waals surface area contributed by atoms with Crippen LogP contribution in [0.15, 0.2) is 48.5 Å². The molecule has 2 nitrogen and oxygen atoms in total. The maximum atomic E-state index is 12.0. The summed E-state index contributed by atoms with van der Waals surface area (Å²) in [7, 11) is 0. The third-order valence-corrected chi connectivity index (χ3v) is 3.04. The maximum Gasteiger partial charge on any atom is 0.170 e. The number of carbonyl (C=O) groups is 2. The monoisotopic (exact) mass is 292 g/mol. The first-order chi connectivity index (χ1) is 9.06. The van der Waals surface area contributed by atoms with E-state index in [0.29, 0.717) is 21.2 Å². The van der Waals surface area contributed by atoms with Crippen LogP contribution in [-0.2, 0) is 0 Å². The van der Waals surface area contributed by atoms with E-state index in [1.165, 1.54) is 12.1 Å². The van der Waals surface area contributed by atoms with Crippen LogP contribution in [0.2, 0.25) is 10.0 Å². The molecule has 0 saturated carbocycles. The van der Waals surface area contributed by atoms with Crippen molar-refractivity contribution in [2.75, 3.05) is 0 Å². The van der Waals surface area contributed by atoms with Crippen molar-refractivity contribution in [2.24, 2.45) is 0 Å². The van der Waals surface area contributed by atoms with Gasteiger partial charge in [0.1, 0.15) is 0 Å². The van der Waals surface area contributed by atoms with E-state index in [-0.39, 0.29) is 18.0 Å². The van der Waals surface area contributed by atoms with Crippen LogP contribution in [0, 0.1) is 0 Å². The van der Waals surface area contributed by atoms with E-state index < -0.39 is 0 Å². The Morgan fingerprint density at radius 3 is 1.89 bits per heavy atom. The maximum absolute atomic E-state index is 12.0. The number of carbonyl (C=O) groups excluding carboxylic acids is 2. The molecule has 0 heterocycles. The molecule has 0 amide bonds. The highest BCUT2D eigenvalue weighted by Crippen LogP contribution is 2.20. The largest absolute Gasteiger partial charge is 0.294 e. The fraction of sp³-hybridized carbons (Fsp3) is 0.0667. The molecule has 0 radical (unpaired) electrons. The highest BCUT2D eigenvalue weighted by Gasteiger charge is 2.14. The van der Waals surface area contributed by atoms with Crippen molar-refractivity contribution in [1.82, 2.24) is 0 Å². The van der Waals surface area contributed by atoms with Crippen molar-refractivity contribution in [3.8, 4) is 0 Å². The predicted molar refractivity (Wildman–Crippen MR) is 76.2 cm³/mol. The van der Waals surface area contributed by atoms with Gasteiger partial charge >= 0.3 is 0 Å². The van der Waals surface area contributed by atoms with Gasteiger partial charge in [-0.15, -0.1) is 0 Å². The SMILES string of the molecule is O=C(CC(=O)c1cc(Cl)cc(Cl)c1)c1ccccc1. The van der Waals surface area contributed by atoms with Crippen molar-refractivity contribution in [1.29, 1.82) is 0 Å². The zero-order valence-corrected chi connectivity index (χ0v) is 11.4. The van der Waals surface area contributed by atoms with Crippen LogP contribution in [0.4, 0.5) is 0 Å². The molecule has 0 aliphatic rings. The van der Waals surface area contributed by atoms with E-state index in [4.69, 9.17) is 23.2 Å². The minimum absolute atomic E-state index is 0.194. The molecule has 2 aromatic carbocycles. The van der Waals surface area contributed by atoms with Crippen LogP contribution >= 0.6 is 23.2 Å². The topological polar surface area (TPSA) is 34.1 Å². The zero-order chi connectivity index (χ0) is 13.8. The normalized spacial score (nSPS) is 10.2. The molecule has 0 unspecified atom stereocenters. The Kier molecular flexibility index (Phi) is 4.35. The molecule has 2 rings (SSSR count). The predicted octanol–water partition coefficient (Wildman–Crippen LogP) is 4.45. The van der Waals surface area contributed by atoms with Crippen molar-refractivity contribution in [3.05, 3.63) is 69.7 Å². The van der Waals surface area contributed by atoms with E-state index in [9.17, 15) is 9.59 Å². The Morgan fingerprint density at radius 1 is 0.789 bits per heavy atom. The number of ketones is 2. The van der Waals surface area contributed by atoms with Crippen LogP contribution < -0.4 is 0 Å². The van der Waals surface area contributed by atoms with Crippen molar-refractivity contribution >= 4 is 34.8 Å². The second-order valence-electron chi connectivity index (χ2n) is 4.05. The Balaban J connectivity index is 2.15. The minimum Gasteiger partial charge on any atom is -0.294 e. The van der Waals surface area contributed by atoms with Gasteiger partial charge in [-0.05, 0) is 18.2 Å². The lowest BCUT2D eigenvalue weighted by Gasteiger charge is -2.03. The van der Waals surface area contributed by atoms with Crippen molar-refractivity contribution in [3.63, 3.8) is 0 Å². The smallest absolute Gasteiger partial charge is 0.170 e. The summed E-state index contributed by atoms with van der Waals surface area (Å²) in [5.41, 5.74) is 0.866. The number of rotatable bonds is 4. The summed E-state index contributed by atoms with van der Waals surface area (Å²) in [5, 5.41) is 0.756. The molecular formula is C15H10Cl2O2. The van der Waals surface area contributed by atoms with Gasteiger partial charge < -0.3 is 0 Å². The quantitative estimate of drug-likeness (QED) is 0.616. The molecule has 0 fully saturated rings. The van der Waals surface area contributed by atoms with Gasteiger partial charge in [0.2, 0.25) is 0 Å². The first-order valence-corrected chi connectivity index (χ1v) is 6.39.